The number of nitrogens with zero attached hydrogens (tertiary/aromatic N) is 2. The van der Waals surface area contributed by atoms with Crippen LogP contribution in [-0.4, -0.2) is 61.5 Å². The van der Waals surface area contributed by atoms with E-state index in [0.717, 1.165) is 50.9 Å². The van der Waals surface area contributed by atoms with Gasteiger partial charge in [0, 0.05) is 39.1 Å². The molecule has 2 aromatic carbocycles. The number of hydrogen-bond acceptors (Lipinski definition) is 4. The summed E-state index contributed by atoms with van der Waals surface area (Å²) in [7, 11) is 0. The predicted molar refractivity (Wildman–Crippen MR) is 137 cm³/mol. The fourth-order valence-electron chi connectivity index (χ4n) is 3.54. The van der Waals surface area contributed by atoms with Crippen LogP contribution in [-0.2, 0) is 24.2 Å². The van der Waals surface area contributed by atoms with Gasteiger partial charge in [0.1, 0.15) is 0 Å². The second kappa shape index (κ2) is 14.4. The zero-order chi connectivity index (χ0) is 21.0. The van der Waals surface area contributed by atoms with Gasteiger partial charge in [-0.2, -0.15) is 0 Å². The minimum Gasteiger partial charge on any atom is -0.391 e. The Hall–Kier alpha value is -1.68. The zero-order valence-electron chi connectivity index (χ0n) is 18.3. The number of ether oxygens (including phenoxy) is 1. The Bertz CT molecular complexity index is 782. The summed E-state index contributed by atoms with van der Waals surface area (Å²) in [4.78, 5) is 7.18. The number of guanidine groups is 1. The van der Waals surface area contributed by atoms with E-state index in [9.17, 15) is 5.11 Å². The molecule has 31 heavy (non-hydrogen) atoms. The summed E-state index contributed by atoms with van der Waals surface area (Å²) in [5.74, 6) is 0.728. The average molecular weight is 538 g/mol. The van der Waals surface area contributed by atoms with Crippen LogP contribution >= 0.6 is 24.0 Å². The second-order valence-corrected chi connectivity index (χ2v) is 7.58. The summed E-state index contributed by atoms with van der Waals surface area (Å²) in [6, 6.07) is 18.5. The van der Waals surface area contributed by atoms with Gasteiger partial charge in [-0.1, -0.05) is 54.6 Å². The lowest BCUT2D eigenvalue weighted by molar-refractivity contribution is 0.0341. The maximum atomic E-state index is 10.4. The average Bonchev–Trinajstić information content (AvgIpc) is 2.78. The molecular weight excluding hydrogens is 503 g/mol. The molecule has 0 radical (unpaired) electrons. The maximum Gasteiger partial charge on any atom is 0.191 e. The fraction of sp³-hybridized carbons (Fsp3) is 0.458. The van der Waals surface area contributed by atoms with Crippen LogP contribution in [0.3, 0.4) is 0 Å². The molecule has 1 heterocycles. The summed E-state index contributed by atoms with van der Waals surface area (Å²) in [5.41, 5.74) is 3.67. The highest BCUT2D eigenvalue weighted by Crippen LogP contribution is 2.14. The van der Waals surface area contributed by atoms with Crippen molar-refractivity contribution in [3.63, 3.8) is 0 Å². The Morgan fingerprint density at radius 1 is 1.03 bits per heavy atom. The van der Waals surface area contributed by atoms with Crippen LogP contribution in [0.25, 0.3) is 0 Å². The Morgan fingerprint density at radius 3 is 2.42 bits per heavy atom. The molecule has 170 valence electrons. The first-order valence-electron chi connectivity index (χ1n) is 10.9. The molecule has 0 spiro atoms. The molecule has 1 saturated heterocycles. The summed E-state index contributed by atoms with van der Waals surface area (Å²) < 4.78 is 5.46. The van der Waals surface area contributed by atoms with Crippen molar-refractivity contribution < 1.29 is 9.84 Å². The number of benzene rings is 2. The van der Waals surface area contributed by atoms with Crippen LogP contribution in [0.5, 0.6) is 0 Å². The highest BCUT2D eigenvalue weighted by molar-refractivity contribution is 14.0. The molecule has 0 amide bonds. The predicted octanol–water partition coefficient (Wildman–Crippen LogP) is 2.80. The largest absolute Gasteiger partial charge is 0.391 e. The molecule has 0 saturated carbocycles. The van der Waals surface area contributed by atoms with E-state index in [2.05, 4.69) is 39.8 Å². The third kappa shape index (κ3) is 9.14. The van der Waals surface area contributed by atoms with E-state index in [0.29, 0.717) is 19.5 Å². The first kappa shape index (κ1) is 25.6. The van der Waals surface area contributed by atoms with E-state index in [1.165, 1.54) is 11.1 Å². The number of hydrogen-bond donors (Lipinski definition) is 3. The van der Waals surface area contributed by atoms with Gasteiger partial charge in [0.05, 0.1) is 25.9 Å². The van der Waals surface area contributed by atoms with Gasteiger partial charge < -0.3 is 20.5 Å². The number of aliphatic imine (C=N–C) groups is 1. The van der Waals surface area contributed by atoms with Crippen molar-refractivity contribution in [1.29, 1.82) is 0 Å². The summed E-state index contributed by atoms with van der Waals surface area (Å²) in [5, 5.41) is 16.9. The molecular formula is C24H35IN4O2. The molecule has 1 unspecified atom stereocenters. The van der Waals surface area contributed by atoms with Gasteiger partial charge in [-0.15, -0.1) is 24.0 Å². The Balaban J connectivity index is 0.00000341. The molecule has 0 bridgehead atoms. The van der Waals surface area contributed by atoms with Crippen LogP contribution in [0.4, 0.5) is 0 Å². The number of nitrogens with one attached hydrogen (secondary N) is 2. The minimum atomic E-state index is -0.468. The van der Waals surface area contributed by atoms with Crippen molar-refractivity contribution in [3.05, 3.63) is 71.3 Å². The van der Waals surface area contributed by atoms with E-state index >= 15 is 0 Å². The van der Waals surface area contributed by atoms with Crippen LogP contribution in [0.15, 0.2) is 59.6 Å². The third-order valence-electron chi connectivity index (χ3n) is 5.19. The lowest BCUT2D eigenvalue weighted by Gasteiger charge is -2.27. The standard InChI is InChI=1S/C24H34N4O2.HI/c1-2-25-24(27-18-23(29)16-20-8-4-3-5-9-20)26-17-21-10-6-7-11-22(21)19-28-12-14-30-15-13-28;/h3-11,23,29H,2,12-19H2,1H3,(H2,25,26,27);1H. The molecule has 1 aliphatic rings. The first-order chi connectivity index (χ1) is 14.7. The quantitative estimate of drug-likeness (QED) is 0.260. The molecule has 0 aliphatic carbocycles. The Kier molecular flexibility index (Phi) is 11.9. The lowest BCUT2D eigenvalue weighted by Crippen LogP contribution is -2.41. The van der Waals surface area contributed by atoms with Crippen molar-refractivity contribution in [2.45, 2.75) is 32.5 Å². The van der Waals surface area contributed by atoms with Gasteiger partial charge >= 0.3 is 0 Å². The Morgan fingerprint density at radius 2 is 1.71 bits per heavy atom. The SMILES string of the molecule is CCNC(=NCc1ccccc1CN1CCOCC1)NCC(O)Cc1ccccc1.I. The molecule has 3 rings (SSSR count). The fourth-order valence-corrected chi connectivity index (χ4v) is 3.54. The maximum absolute atomic E-state index is 10.4. The molecule has 1 aliphatic heterocycles. The first-order valence-corrected chi connectivity index (χ1v) is 10.9. The van der Waals surface area contributed by atoms with Gasteiger partial charge in [-0.25, -0.2) is 4.99 Å². The van der Waals surface area contributed by atoms with Crippen LogP contribution < -0.4 is 10.6 Å². The van der Waals surface area contributed by atoms with Gasteiger partial charge in [-0.3, -0.25) is 4.90 Å². The molecule has 1 atom stereocenters. The van der Waals surface area contributed by atoms with Crippen LogP contribution in [0, 0.1) is 0 Å². The van der Waals surface area contributed by atoms with Crippen LogP contribution in [0.1, 0.15) is 23.6 Å². The molecule has 0 aromatic heterocycles. The van der Waals surface area contributed by atoms with Crippen LogP contribution in [0.2, 0.25) is 0 Å². The third-order valence-corrected chi connectivity index (χ3v) is 5.19. The molecule has 3 N–H and O–H groups in total. The lowest BCUT2D eigenvalue weighted by atomic mass is 10.1. The Labute approximate surface area is 203 Å². The van der Waals surface area contributed by atoms with Gasteiger partial charge in [-0.05, 0) is 23.6 Å². The topological polar surface area (TPSA) is 69.1 Å². The van der Waals surface area contributed by atoms with E-state index in [-0.39, 0.29) is 24.0 Å². The van der Waals surface area contributed by atoms with E-state index in [1.807, 2.05) is 37.3 Å². The second-order valence-electron chi connectivity index (χ2n) is 7.58. The molecule has 7 heteroatoms. The summed E-state index contributed by atoms with van der Waals surface area (Å²) in [6.45, 7) is 8.36. The molecule has 1 fully saturated rings. The van der Waals surface area contributed by atoms with Crippen molar-refractivity contribution in [3.8, 4) is 0 Å². The van der Waals surface area contributed by atoms with Crippen molar-refractivity contribution in [1.82, 2.24) is 15.5 Å². The van der Waals surface area contributed by atoms with E-state index in [4.69, 9.17) is 9.73 Å². The minimum absolute atomic E-state index is 0. The van der Waals surface area contributed by atoms with E-state index in [1.54, 1.807) is 0 Å². The number of rotatable bonds is 9. The number of morpholine rings is 1. The highest BCUT2D eigenvalue weighted by atomic mass is 127. The van der Waals surface area contributed by atoms with Gasteiger partial charge in [0.2, 0.25) is 0 Å². The van der Waals surface area contributed by atoms with Gasteiger partial charge in [0.15, 0.2) is 5.96 Å². The number of halogens is 1. The smallest absolute Gasteiger partial charge is 0.191 e. The summed E-state index contributed by atoms with van der Waals surface area (Å²) in [6.07, 6.45) is 0.153. The summed E-state index contributed by atoms with van der Waals surface area (Å²) >= 11 is 0. The van der Waals surface area contributed by atoms with Crippen molar-refractivity contribution in [2.75, 3.05) is 39.4 Å². The van der Waals surface area contributed by atoms with Crippen molar-refractivity contribution in [2.24, 2.45) is 4.99 Å². The van der Waals surface area contributed by atoms with E-state index < -0.39 is 6.10 Å². The monoisotopic (exact) mass is 538 g/mol. The van der Waals surface area contributed by atoms with Crippen molar-refractivity contribution >= 4 is 29.9 Å². The number of aliphatic hydroxyl groups excluding tert-OH is 1. The number of aliphatic hydroxyl groups is 1. The van der Waals surface area contributed by atoms with Gasteiger partial charge in [0.25, 0.3) is 0 Å². The highest BCUT2D eigenvalue weighted by Gasteiger charge is 2.13. The molecule has 2 aromatic rings. The molecule has 6 nitrogen and oxygen atoms in total. The zero-order valence-corrected chi connectivity index (χ0v) is 20.6. The normalized spacial score (nSPS) is 15.7.